The van der Waals surface area contributed by atoms with E-state index in [9.17, 15) is 4.79 Å². The van der Waals surface area contributed by atoms with E-state index < -0.39 is 5.60 Å². The van der Waals surface area contributed by atoms with Gasteiger partial charge in [-0.05, 0) is 44.4 Å². The zero-order valence-electron chi connectivity index (χ0n) is 13.6. The summed E-state index contributed by atoms with van der Waals surface area (Å²) in [6.07, 6.45) is 4.27. The molecule has 1 aromatic rings. The molecule has 0 saturated carbocycles. The average Bonchev–Trinajstić information content (AvgIpc) is 2.46. The Bertz CT molecular complexity index is 671. The van der Waals surface area contributed by atoms with Crippen LogP contribution in [0, 0.1) is 11.3 Å². The van der Waals surface area contributed by atoms with Gasteiger partial charge >= 0.3 is 6.09 Å². The van der Waals surface area contributed by atoms with Crippen LogP contribution in [0.4, 0.5) is 4.79 Å². The topological polar surface area (TPSA) is 66.2 Å². The third kappa shape index (κ3) is 4.70. The summed E-state index contributed by atoms with van der Waals surface area (Å²) in [5.41, 5.74) is 2.03. The number of rotatable bonds is 2. The second-order valence-electron chi connectivity index (χ2n) is 6.41. The number of ether oxygens (including phenoxy) is 1. The third-order valence-electron chi connectivity index (χ3n) is 3.35. The summed E-state index contributed by atoms with van der Waals surface area (Å²) in [7, 11) is 0. The SMILES string of the molecule is CC(C)(C)OC(=O)N1CC=C(c2ncc(CC#N)cc2Cl)CC1. The number of nitriles is 1. The minimum Gasteiger partial charge on any atom is -0.444 e. The maximum atomic E-state index is 12.0. The van der Waals surface area contributed by atoms with Crippen molar-refractivity contribution in [2.45, 2.75) is 39.2 Å². The van der Waals surface area contributed by atoms with Gasteiger partial charge in [0, 0.05) is 19.3 Å². The highest BCUT2D eigenvalue weighted by Gasteiger charge is 2.24. The first-order valence-corrected chi connectivity index (χ1v) is 7.86. The molecule has 23 heavy (non-hydrogen) atoms. The number of carbonyl (C=O) groups excluding carboxylic acids is 1. The molecule has 0 saturated heterocycles. The molecule has 0 atom stereocenters. The Morgan fingerprint density at radius 2 is 2.26 bits per heavy atom. The van der Waals surface area contributed by atoms with Crippen molar-refractivity contribution in [3.05, 3.63) is 34.6 Å². The molecule has 0 aliphatic carbocycles. The number of amides is 1. The molecule has 0 fully saturated rings. The number of pyridine rings is 1. The molecular weight excluding hydrogens is 314 g/mol. The van der Waals surface area contributed by atoms with E-state index in [4.69, 9.17) is 21.6 Å². The highest BCUT2D eigenvalue weighted by Crippen LogP contribution is 2.28. The van der Waals surface area contributed by atoms with Gasteiger partial charge < -0.3 is 9.64 Å². The molecule has 1 amide bonds. The lowest BCUT2D eigenvalue weighted by Gasteiger charge is -2.29. The molecule has 2 rings (SSSR count). The summed E-state index contributed by atoms with van der Waals surface area (Å²) in [4.78, 5) is 18.1. The average molecular weight is 334 g/mol. The lowest BCUT2D eigenvalue weighted by Crippen LogP contribution is -2.39. The van der Waals surface area contributed by atoms with Crippen LogP contribution in [0.1, 0.15) is 38.4 Å². The van der Waals surface area contributed by atoms with Gasteiger partial charge in [0.25, 0.3) is 0 Å². The highest BCUT2D eigenvalue weighted by molar-refractivity contribution is 6.32. The predicted octanol–water partition coefficient (Wildman–Crippen LogP) is 3.83. The summed E-state index contributed by atoms with van der Waals surface area (Å²) in [5, 5.41) is 9.25. The van der Waals surface area contributed by atoms with Crippen LogP contribution in [-0.4, -0.2) is 34.7 Å². The maximum Gasteiger partial charge on any atom is 0.410 e. The van der Waals surface area contributed by atoms with Gasteiger partial charge in [-0.1, -0.05) is 17.7 Å². The van der Waals surface area contributed by atoms with Gasteiger partial charge in [-0.3, -0.25) is 4.98 Å². The van der Waals surface area contributed by atoms with Crippen LogP contribution in [0.15, 0.2) is 18.3 Å². The van der Waals surface area contributed by atoms with Crippen molar-refractivity contribution in [3.63, 3.8) is 0 Å². The number of nitrogens with zero attached hydrogens (tertiary/aromatic N) is 3. The second-order valence-corrected chi connectivity index (χ2v) is 6.82. The molecule has 0 spiro atoms. The van der Waals surface area contributed by atoms with Crippen LogP contribution in [0.25, 0.3) is 5.57 Å². The Morgan fingerprint density at radius 3 is 2.78 bits per heavy atom. The molecule has 0 aromatic carbocycles. The fraction of sp³-hybridized carbons (Fsp3) is 0.471. The van der Waals surface area contributed by atoms with Crippen LogP contribution in [0.3, 0.4) is 0 Å². The van der Waals surface area contributed by atoms with E-state index in [-0.39, 0.29) is 6.09 Å². The predicted molar refractivity (Wildman–Crippen MR) is 89.0 cm³/mol. The van der Waals surface area contributed by atoms with Gasteiger partial charge in [0.2, 0.25) is 0 Å². The Hall–Kier alpha value is -2.06. The third-order valence-corrected chi connectivity index (χ3v) is 3.63. The smallest absolute Gasteiger partial charge is 0.410 e. The normalized spacial score (nSPS) is 14.9. The highest BCUT2D eigenvalue weighted by atomic mass is 35.5. The van der Waals surface area contributed by atoms with Crippen molar-refractivity contribution >= 4 is 23.3 Å². The van der Waals surface area contributed by atoms with Gasteiger partial charge in [-0.25, -0.2) is 4.79 Å². The number of aromatic nitrogens is 1. The van der Waals surface area contributed by atoms with Gasteiger partial charge in [-0.15, -0.1) is 0 Å². The van der Waals surface area contributed by atoms with Crippen molar-refractivity contribution in [2.75, 3.05) is 13.1 Å². The van der Waals surface area contributed by atoms with Gasteiger partial charge in [0.05, 0.1) is 23.2 Å². The van der Waals surface area contributed by atoms with E-state index in [1.807, 2.05) is 26.8 Å². The van der Waals surface area contributed by atoms with Crippen LogP contribution in [0.5, 0.6) is 0 Å². The molecular formula is C17H20ClN3O2. The molecule has 122 valence electrons. The molecule has 0 radical (unpaired) electrons. The molecule has 5 nitrogen and oxygen atoms in total. The standard InChI is InChI=1S/C17H20ClN3O2/c1-17(2,3)23-16(22)21-8-5-13(6-9-21)15-14(18)10-12(4-7-19)11-20-15/h5,10-11H,4,6,8-9H2,1-3H3. The number of hydrogen-bond acceptors (Lipinski definition) is 4. The fourth-order valence-corrected chi connectivity index (χ4v) is 2.59. The molecule has 0 unspecified atom stereocenters. The molecule has 1 aliphatic heterocycles. The molecule has 0 N–H and O–H groups in total. The van der Waals surface area contributed by atoms with E-state index in [2.05, 4.69) is 11.1 Å². The molecule has 1 aliphatic rings. The fourth-order valence-electron chi connectivity index (χ4n) is 2.28. The van der Waals surface area contributed by atoms with Gasteiger partial charge in [-0.2, -0.15) is 5.26 Å². The van der Waals surface area contributed by atoms with Crippen LogP contribution in [-0.2, 0) is 11.2 Å². The first-order chi connectivity index (χ1) is 10.8. The summed E-state index contributed by atoms with van der Waals surface area (Å²) < 4.78 is 5.37. The van der Waals surface area contributed by atoms with Crippen molar-refractivity contribution < 1.29 is 9.53 Å². The monoisotopic (exact) mass is 333 g/mol. The lowest BCUT2D eigenvalue weighted by molar-refractivity contribution is 0.0270. The van der Waals surface area contributed by atoms with Crippen molar-refractivity contribution in [2.24, 2.45) is 0 Å². The minimum absolute atomic E-state index is 0.290. The lowest BCUT2D eigenvalue weighted by atomic mass is 10.0. The quantitative estimate of drug-likeness (QED) is 0.825. The van der Waals surface area contributed by atoms with Gasteiger partial charge in [0.1, 0.15) is 5.60 Å². The summed E-state index contributed by atoms with van der Waals surface area (Å²) in [6, 6.07) is 3.85. The van der Waals surface area contributed by atoms with Crippen LogP contribution < -0.4 is 0 Å². The van der Waals surface area contributed by atoms with Crippen molar-refractivity contribution in [3.8, 4) is 6.07 Å². The van der Waals surface area contributed by atoms with Crippen molar-refractivity contribution in [1.29, 1.82) is 5.26 Å². The van der Waals surface area contributed by atoms with E-state index in [0.717, 1.165) is 16.8 Å². The molecule has 0 bridgehead atoms. The zero-order chi connectivity index (χ0) is 17.0. The Morgan fingerprint density at radius 1 is 1.52 bits per heavy atom. The largest absolute Gasteiger partial charge is 0.444 e. The first kappa shape index (κ1) is 17.3. The zero-order valence-corrected chi connectivity index (χ0v) is 14.4. The molecule has 6 heteroatoms. The van der Waals surface area contributed by atoms with Gasteiger partial charge in [0.15, 0.2) is 0 Å². The van der Waals surface area contributed by atoms with E-state index in [0.29, 0.717) is 31.0 Å². The van der Waals surface area contributed by atoms with E-state index >= 15 is 0 Å². The Balaban J connectivity index is 2.07. The summed E-state index contributed by atoms with van der Waals surface area (Å²) in [5.74, 6) is 0. The maximum absolute atomic E-state index is 12.0. The number of halogens is 1. The first-order valence-electron chi connectivity index (χ1n) is 7.49. The van der Waals surface area contributed by atoms with E-state index in [1.165, 1.54) is 0 Å². The van der Waals surface area contributed by atoms with Crippen molar-refractivity contribution in [1.82, 2.24) is 9.88 Å². The Kier molecular flexibility index (Phi) is 5.27. The molecule has 1 aromatic heterocycles. The Labute approximate surface area is 141 Å². The molecule has 2 heterocycles. The summed E-state index contributed by atoms with van der Waals surface area (Å²) in [6.45, 7) is 6.59. The van der Waals surface area contributed by atoms with Crippen LogP contribution in [0.2, 0.25) is 5.02 Å². The van der Waals surface area contributed by atoms with E-state index in [1.54, 1.807) is 17.2 Å². The summed E-state index contributed by atoms with van der Waals surface area (Å²) >= 11 is 6.27. The van der Waals surface area contributed by atoms with Crippen LogP contribution >= 0.6 is 11.6 Å². The minimum atomic E-state index is -0.498. The number of carbonyl (C=O) groups is 1. The second kappa shape index (κ2) is 7.01. The number of hydrogen-bond donors (Lipinski definition) is 0.